The minimum Gasteiger partial charge on any atom is -0.454 e. The Bertz CT molecular complexity index is 426. The molecule has 0 spiro atoms. The third-order valence-electron chi connectivity index (χ3n) is 2.82. The Morgan fingerprint density at radius 3 is 2.88 bits per heavy atom. The first-order valence-electron chi connectivity index (χ1n) is 5.31. The Morgan fingerprint density at radius 2 is 2.19 bits per heavy atom. The van der Waals surface area contributed by atoms with Crippen molar-refractivity contribution in [3.63, 3.8) is 0 Å². The molecule has 0 radical (unpaired) electrons. The standard InChI is InChI=1S/C12H14N2O2/c1-2-8(6-13)12(14)9-3-4-10-11(5-9)16-7-15-10/h3-5,8,12H,2,7,14H2,1H3. The van der Waals surface area contributed by atoms with Crippen LogP contribution in [0.3, 0.4) is 0 Å². The molecule has 0 bridgehead atoms. The van der Waals surface area contributed by atoms with Crippen LogP contribution < -0.4 is 15.2 Å². The van der Waals surface area contributed by atoms with Crippen LogP contribution in [-0.4, -0.2) is 6.79 Å². The van der Waals surface area contributed by atoms with Crippen LogP contribution in [0.25, 0.3) is 0 Å². The smallest absolute Gasteiger partial charge is 0.231 e. The lowest BCUT2D eigenvalue weighted by Gasteiger charge is -2.16. The van der Waals surface area contributed by atoms with E-state index in [9.17, 15) is 0 Å². The zero-order valence-corrected chi connectivity index (χ0v) is 9.14. The molecule has 2 N–H and O–H groups in total. The van der Waals surface area contributed by atoms with E-state index in [2.05, 4.69) is 6.07 Å². The summed E-state index contributed by atoms with van der Waals surface area (Å²) < 4.78 is 10.5. The summed E-state index contributed by atoms with van der Waals surface area (Å²) in [6, 6.07) is 7.52. The second-order valence-electron chi connectivity index (χ2n) is 3.78. The van der Waals surface area contributed by atoms with Gasteiger partial charge < -0.3 is 15.2 Å². The van der Waals surface area contributed by atoms with Gasteiger partial charge in [0.2, 0.25) is 6.79 Å². The normalized spacial score (nSPS) is 16.6. The first-order valence-corrected chi connectivity index (χ1v) is 5.31. The molecule has 4 nitrogen and oxygen atoms in total. The lowest BCUT2D eigenvalue weighted by Crippen LogP contribution is -2.19. The first-order chi connectivity index (χ1) is 7.76. The molecule has 0 saturated carbocycles. The molecule has 1 heterocycles. The van der Waals surface area contributed by atoms with Crippen molar-refractivity contribution < 1.29 is 9.47 Å². The monoisotopic (exact) mass is 218 g/mol. The third kappa shape index (κ3) is 1.82. The minimum absolute atomic E-state index is 0.166. The lowest BCUT2D eigenvalue weighted by molar-refractivity contribution is 0.174. The number of fused-ring (bicyclic) bond motifs is 1. The van der Waals surface area contributed by atoms with Crippen molar-refractivity contribution in [2.75, 3.05) is 6.79 Å². The Kier molecular flexibility index (Phi) is 2.97. The number of benzene rings is 1. The van der Waals surface area contributed by atoms with Gasteiger partial charge in [-0.3, -0.25) is 0 Å². The Hall–Kier alpha value is -1.73. The second-order valence-corrected chi connectivity index (χ2v) is 3.78. The number of ether oxygens (including phenoxy) is 2. The average molecular weight is 218 g/mol. The van der Waals surface area contributed by atoms with Crippen molar-refractivity contribution in [2.24, 2.45) is 11.7 Å². The molecule has 2 rings (SSSR count). The van der Waals surface area contributed by atoms with Gasteiger partial charge in [-0.15, -0.1) is 0 Å². The van der Waals surface area contributed by atoms with Crippen molar-refractivity contribution in [3.8, 4) is 17.6 Å². The van der Waals surface area contributed by atoms with Crippen molar-refractivity contribution in [3.05, 3.63) is 23.8 Å². The summed E-state index contributed by atoms with van der Waals surface area (Å²) in [5, 5.41) is 8.97. The highest BCUT2D eigenvalue weighted by molar-refractivity contribution is 5.45. The second kappa shape index (κ2) is 4.42. The average Bonchev–Trinajstić information content (AvgIpc) is 2.77. The fourth-order valence-corrected chi connectivity index (χ4v) is 1.78. The summed E-state index contributed by atoms with van der Waals surface area (Å²) in [4.78, 5) is 0. The van der Waals surface area contributed by atoms with Gasteiger partial charge in [-0.1, -0.05) is 13.0 Å². The molecule has 0 amide bonds. The number of nitrogens with zero attached hydrogens (tertiary/aromatic N) is 1. The van der Waals surface area contributed by atoms with Crippen molar-refractivity contribution in [1.29, 1.82) is 5.26 Å². The van der Waals surface area contributed by atoms with Crippen LogP contribution in [0.2, 0.25) is 0 Å². The van der Waals surface area contributed by atoms with E-state index >= 15 is 0 Å². The Labute approximate surface area is 94.6 Å². The van der Waals surface area contributed by atoms with Crippen LogP contribution in [0, 0.1) is 17.2 Å². The minimum atomic E-state index is -0.274. The molecule has 4 heteroatoms. The molecular formula is C12H14N2O2. The van der Waals surface area contributed by atoms with Crippen LogP contribution in [0.15, 0.2) is 18.2 Å². The van der Waals surface area contributed by atoms with Gasteiger partial charge in [0.1, 0.15) is 0 Å². The third-order valence-corrected chi connectivity index (χ3v) is 2.82. The Balaban J connectivity index is 2.24. The van der Waals surface area contributed by atoms with Crippen LogP contribution in [0.5, 0.6) is 11.5 Å². The highest BCUT2D eigenvalue weighted by atomic mass is 16.7. The van der Waals surface area contributed by atoms with Crippen LogP contribution >= 0.6 is 0 Å². The summed E-state index contributed by atoms with van der Waals surface area (Å²) in [7, 11) is 0. The summed E-state index contributed by atoms with van der Waals surface area (Å²) >= 11 is 0. The lowest BCUT2D eigenvalue weighted by atomic mass is 9.93. The van der Waals surface area contributed by atoms with Crippen molar-refractivity contribution in [1.82, 2.24) is 0 Å². The van der Waals surface area contributed by atoms with E-state index in [1.807, 2.05) is 25.1 Å². The molecule has 16 heavy (non-hydrogen) atoms. The molecular weight excluding hydrogens is 204 g/mol. The molecule has 2 unspecified atom stereocenters. The molecule has 1 aromatic carbocycles. The SMILES string of the molecule is CCC(C#N)C(N)c1ccc2c(c1)OCO2. The van der Waals surface area contributed by atoms with Gasteiger partial charge in [-0.25, -0.2) is 0 Å². The maximum Gasteiger partial charge on any atom is 0.231 e. The number of nitrogens with two attached hydrogens (primary N) is 1. The van der Waals surface area contributed by atoms with E-state index < -0.39 is 0 Å². The van der Waals surface area contributed by atoms with Crippen LogP contribution in [0.1, 0.15) is 24.9 Å². The van der Waals surface area contributed by atoms with E-state index in [1.165, 1.54) is 0 Å². The number of rotatable bonds is 3. The molecule has 1 aromatic rings. The molecule has 0 fully saturated rings. The largest absolute Gasteiger partial charge is 0.454 e. The van der Waals surface area contributed by atoms with E-state index in [1.54, 1.807) is 0 Å². The number of hydrogen-bond acceptors (Lipinski definition) is 4. The maximum absolute atomic E-state index is 8.97. The highest BCUT2D eigenvalue weighted by Gasteiger charge is 2.20. The first kappa shape index (κ1) is 10.8. The fraction of sp³-hybridized carbons (Fsp3) is 0.417. The zero-order valence-electron chi connectivity index (χ0n) is 9.14. The zero-order chi connectivity index (χ0) is 11.5. The van der Waals surface area contributed by atoms with E-state index in [0.717, 1.165) is 17.7 Å². The van der Waals surface area contributed by atoms with Gasteiger partial charge >= 0.3 is 0 Å². The van der Waals surface area contributed by atoms with Gasteiger partial charge in [0.25, 0.3) is 0 Å². The maximum atomic E-state index is 8.97. The molecule has 1 aliphatic rings. The molecule has 1 aliphatic heterocycles. The fourth-order valence-electron chi connectivity index (χ4n) is 1.78. The number of nitriles is 1. The summed E-state index contributed by atoms with van der Waals surface area (Å²) in [6.45, 7) is 2.21. The van der Waals surface area contributed by atoms with Crippen molar-refractivity contribution in [2.45, 2.75) is 19.4 Å². The van der Waals surface area contributed by atoms with Gasteiger partial charge in [0.05, 0.1) is 12.0 Å². The highest BCUT2D eigenvalue weighted by Crippen LogP contribution is 2.35. The molecule has 2 atom stereocenters. The van der Waals surface area contributed by atoms with E-state index in [0.29, 0.717) is 5.75 Å². The molecule has 0 saturated heterocycles. The van der Waals surface area contributed by atoms with Gasteiger partial charge in [0, 0.05) is 6.04 Å². The Morgan fingerprint density at radius 1 is 1.44 bits per heavy atom. The van der Waals surface area contributed by atoms with Gasteiger partial charge in [0.15, 0.2) is 11.5 Å². The predicted molar refractivity (Wildman–Crippen MR) is 58.9 cm³/mol. The molecule has 0 aromatic heterocycles. The van der Waals surface area contributed by atoms with E-state index in [4.69, 9.17) is 20.5 Å². The quantitative estimate of drug-likeness (QED) is 0.842. The van der Waals surface area contributed by atoms with E-state index in [-0.39, 0.29) is 18.8 Å². The summed E-state index contributed by atoms with van der Waals surface area (Å²) in [5.74, 6) is 1.28. The van der Waals surface area contributed by atoms with Crippen LogP contribution in [-0.2, 0) is 0 Å². The van der Waals surface area contributed by atoms with Gasteiger partial charge in [-0.2, -0.15) is 5.26 Å². The van der Waals surface area contributed by atoms with Crippen molar-refractivity contribution >= 4 is 0 Å². The predicted octanol–water partition coefficient (Wildman–Crippen LogP) is 1.96. The summed E-state index contributed by atoms with van der Waals surface area (Å²) in [5.41, 5.74) is 6.95. The molecule has 0 aliphatic carbocycles. The number of hydrogen-bond donors (Lipinski definition) is 1. The summed E-state index contributed by atoms with van der Waals surface area (Å²) in [6.07, 6.45) is 0.742. The van der Waals surface area contributed by atoms with Crippen LogP contribution in [0.4, 0.5) is 0 Å². The van der Waals surface area contributed by atoms with Gasteiger partial charge in [-0.05, 0) is 24.1 Å². The molecule has 84 valence electrons. The topological polar surface area (TPSA) is 68.3 Å².